The Kier molecular flexibility index (Phi) is 7.86. The summed E-state index contributed by atoms with van der Waals surface area (Å²) in [7, 11) is 1.70. The van der Waals surface area contributed by atoms with Crippen LogP contribution in [0, 0.1) is 0 Å². The largest absolute Gasteiger partial charge is 0.492 e. The minimum absolute atomic E-state index is 0.139. The number of carbonyl (C=O) groups excluding carboxylic acids is 2. The molecule has 9 nitrogen and oxygen atoms in total. The summed E-state index contributed by atoms with van der Waals surface area (Å²) in [5.74, 6) is 0.327. The molecule has 33 heavy (non-hydrogen) atoms. The van der Waals surface area contributed by atoms with E-state index in [2.05, 4.69) is 20.8 Å². The summed E-state index contributed by atoms with van der Waals surface area (Å²) in [4.78, 5) is 36.1. The molecule has 1 aromatic carbocycles. The lowest BCUT2D eigenvalue weighted by atomic mass is 10.0. The van der Waals surface area contributed by atoms with Gasteiger partial charge in [-0.15, -0.1) is 0 Å². The maximum Gasteiger partial charge on any atom is 0.410 e. The van der Waals surface area contributed by atoms with Gasteiger partial charge in [0.25, 0.3) is 5.91 Å². The number of para-hydroxylation sites is 1. The Labute approximate surface area is 194 Å². The third-order valence-corrected chi connectivity index (χ3v) is 5.40. The molecule has 1 unspecified atom stereocenters. The van der Waals surface area contributed by atoms with Crippen molar-refractivity contribution in [2.45, 2.75) is 58.2 Å². The highest BCUT2D eigenvalue weighted by Gasteiger charge is 2.36. The minimum atomic E-state index is -0.554. The molecule has 3 rings (SSSR count). The number of fused-ring (bicyclic) bond motifs is 1. The highest BCUT2D eigenvalue weighted by Crippen LogP contribution is 2.25. The maximum absolute atomic E-state index is 13.0. The van der Waals surface area contributed by atoms with E-state index in [-0.39, 0.29) is 18.2 Å². The Morgan fingerprint density at radius 2 is 2.03 bits per heavy atom. The molecule has 2 N–H and O–H groups in total. The van der Waals surface area contributed by atoms with Crippen molar-refractivity contribution in [3.8, 4) is 5.75 Å². The van der Waals surface area contributed by atoms with E-state index in [1.807, 2.05) is 52.0 Å². The first-order valence-electron chi connectivity index (χ1n) is 11.2. The molecule has 1 aromatic rings. The van der Waals surface area contributed by atoms with Gasteiger partial charge in [-0.25, -0.2) is 15.2 Å². The van der Waals surface area contributed by atoms with E-state index in [1.54, 1.807) is 11.9 Å². The quantitative estimate of drug-likeness (QED) is 0.402. The van der Waals surface area contributed by atoms with Gasteiger partial charge in [0.1, 0.15) is 11.4 Å². The third-order valence-electron chi connectivity index (χ3n) is 5.40. The zero-order chi connectivity index (χ0) is 24.0. The van der Waals surface area contributed by atoms with Crippen molar-refractivity contribution in [3.63, 3.8) is 0 Å². The van der Waals surface area contributed by atoms with Crippen molar-refractivity contribution in [3.05, 3.63) is 41.6 Å². The van der Waals surface area contributed by atoms with Gasteiger partial charge in [0.05, 0.1) is 30.0 Å². The monoisotopic (exact) mass is 455 g/mol. The summed E-state index contributed by atoms with van der Waals surface area (Å²) in [6.45, 7) is 8.50. The molecule has 2 heterocycles. The molecule has 1 saturated heterocycles. The molecule has 2 aliphatic heterocycles. The topological polar surface area (TPSA) is 105 Å². The van der Waals surface area contributed by atoms with Crippen LogP contribution in [0.5, 0.6) is 5.75 Å². The Morgan fingerprint density at radius 1 is 1.27 bits per heavy atom. The fraction of sp³-hybridized carbons (Fsp3) is 0.500. The fourth-order valence-corrected chi connectivity index (χ4v) is 3.71. The van der Waals surface area contributed by atoms with Crippen LogP contribution in [0.4, 0.5) is 4.79 Å². The molecule has 0 aromatic heterocycles. The Morgan fingerprint density at radius 3 is 2.76 bits per heavy atom. The van der Waals surface area contributed by atoms with Crippen molar-refractivity contribution in [2.24, 2.45) is 9.98 Å². The second-order valence-corrected chi connectivity index (χ2v) is 9.00. The Hall–Kier alpha value is -3.20. The fourth-order valence-electron chi connectivity index (χ4n) is 3.71. The zero-order valence-electron chi connectivity index (χ0n) is 19.9. The highest BCUT2D eigenvalue weighted by molar-refractivity contribution is 6.18. The van der Waals surface area contributed by atoms with Crippen molar-refractivity contribution in [1.82, 2.24) is 15.8 Å². The van der Waals surface area contributed by atoms with Crippen LogP contribution in [-0.4, -0.2) is 66.7 Å². The maximum atomic E-state index is 13.0. The average Bonchev–Trinajstić information content (AvgIpc) is 3.13. The van der Waals surface area contributed by atoms with E-state index in [9.17, 15) is 9.59 Å². The molecule has 9 heteroatoms. The average molecular weight is 456 g/mol. The van der Waals surface area contributed by atoms with E-state index >= 15 is 0 Å². The SMILES string of the molecule is CNN/C=C(\C=NC1CCN(C(=O)OC(C)(C)C)[C@H]1C)C(=O)N=C1CCOc2ccccc21. The molecule has 178 valence electrons. The van der Waals surface area contributed by atoms with E-state index in [4.69, 9.17) is 9.47 Å². The number of rotatable bonds is 5. The molecule has 2 atom stereocenters. The summed E-state index contributed by atoms with van der Waals surface area (Å²) in [6.07, 6.45) is 3.96. The van der Waals surface area contributed by atoms with Crippen LogP contribution < -0.4 is 15.6 Å². The number of nitrogens with one attached hydrogen (secondary N) is 2. The molecular weight excluding hydrogens is 422 g/mol. The normalized spacial score (nSPS) is 22.3. The summed E-state index contributed by atoms with van der Waals surface area (Å²) in [5, 5.41) is 0. The van der Waals surface area contributed by atoms with E-state index in [0.29, 0.717) is 37.3 Å². The van der Waals surface area contributed by atoms with Crippen molar-refractivity contribution in [1.29, 1.82) is 0 Å². The molecule has 2 aliphatic rings. The number of ether oxygens (including phenoxy) is 2. The van der Waals surface area contributed by atoms with Gasteiger partial charge in [-0.1, -0.05) is 12.1 Å². The predicted molar refractivity (Wildman–Crippen MR) is 128 cm³/mol. The first-order chi connectivity index (χ1) is 15.7. The summed E-state index contributed by atoms with van der Waals surface area (Å²) in [5.41, 5.74) is 6.87. The van der Waals surface area contributed by atoms with Crippen molar-refractivity contribution >= 4 is 23.9 Å². The van der Waals surface area contributed by atoms with Crippen LogP contribution in [0.1, 0.15) is 46.1 Å². The summed E-state index contributed by atoms with van der Waals surface area (Å²) in [6, 6.07) is 7.27. The second kappa shape index (κ2) is 10.6. The number of hydrogen-bond donors (Lipinski definition) is 2. The first-order valence-corrected chi connectivity index (χ1v) is 11.2. The molecule has 0 saturated carbocycles. The van der Waals surface area contributed by atoms with E-state index < -0.39 is 11.5 Å². The lowest BCUT2D eigenvalue weighted by Gasteiger charge is -2.27. The lowest BCUT2D eigenvalue weighted by molar-refractivity contribution is -0.113. The van der Waals surface area contributed by atoms with Gasteiger partial charge in [-0.05, 0) is 46.2 Å². The molecule has 0 bridgehead atoms. The number of nitrogens with zero attached hydrogens (tertiary/aromatic N) is 3. The van der Waals surface area contributed by atoms with Crippen molar-refractivity contribution < 1.29 is 19.1 Å². The number of benzene rings is 1. The highest BCUT2D eigenvalue weighted by atomic mass is 16.6. The number of aliphatic imine (C=N–C) groups is 2. The van der Waals surface area contributed by atoms with Gasteiger partial charge in [0.2, 0.25) is 0 Å². The van der Waals surface area contributed by atoms with Gasteiger partial charge >= 0.3 is 6.09 Å². The van der Waals surface area contributed by atoms with Gasteiger partial charge in [0, 0.05) is 38.0 Å². The summed E-state index contributed by atoms with van der Waals surface area (Å²) >= 11 is 0. The van der Waals surface area contributed by atoms with Crippen LogP contribution in [0.2, 0.25) is 0 Å². The molecule has 1 fully saturated rings. The number of hydrogen-bond acceptors (Lipinski definition) is 7. The Bertz CT molecular complexity index is 964. The standard InChI is InChI=1S/C24H33N5O4/c1-16-19(10-12-29(16)23(31)33-24(2,3)4)26-14-17(15-27-25-5)22(30)28-20-11-13-32-21-9-7-6-8-18(20)21/h6-9,14-16,19,25,27H,10-13H2,1-5H3/b17-15+,26-14?,28-20?/t16-,19?/m0/s1. The molecular formula is C24H33N5O4. The predicted octanol–water partition coefficient (Wildman–Crippen LogP) is 2.86. The zero-order valence-corrected chi connectivity index (χ0v) is 19.9. The van der Waals surface area contributed by atoms with Gasteiger partial charge < -0.3 is 19.8 Å². The van der Waals surface area contributed by atoms with Crippen LogP contribution in [0.3, 0.4) is 0 Å². The van der Waals surface area contributed by atoms with Gasteiger partial charge in [-0.2, -0.15) is 0 Å². The molecule has 0 spiro atoms. The van der Waals surface area contributed by atoms with Crippen LogP contribution >= 0.6 is 0 Å². The van der Waals surface area contributed by atoms with Crippen molar-refractivity contribution in [2.75, 3.05) is 20.2 Å². The smallest absolute Gasteiger partial charge is 0.410 e. The summed E-state index contributed by atoms with van der Waals surface area (Å²) < 4.78 is 11.1. The third kappa shape index (κ3) is 6.41. The molecule has 0 aliphatic carbocycles. The van der Waals surface area contributed by atoms with Gasteiger partial charge in [0.15, 0.2) is 0 Å². The second-order valence-electron chi connectivity index (χ2n) is 9.00. The molecule has 0 radical (unpaired) electrons. The first kappa shape index (κ1) is 24.4. The van der Waals surface area contributed by atoms with Gasteiger partial charge in [-0.3, -0.25) is 9.79 Å². The number of hydrazine groups is 1. The van der Waals surface area contributed by atoms with Crippen LogP contribution in [0.15, 0.2) is 46.0 Å². The van der Waals surface area contributed by atoms with Crippen LogP contribution in [0.25, 0.3) is 0 Å². The number of likely N-dealkylation sites (tertiary alicyclic amines) is 1. The minimum Gasteiger partial charge on any atom is -0.492 e. The Balaban J connectivity index is 1.74. The number of carbonyl (C=O) groups is 2. The van der Waals surface area contributed by atoms with Crippen LogP contribution in [-0.2, 0) is 9.53 Å². The number of amides is 2. The molecule has 2 amide bonds. The van der Waals surface area contributed by atoms with E-state index in [1.165, 1.54) is 12.4 Å². The lowest BCUT2D eigenvalue weighted by Crippen LogP contribution is -2.40. The van der Waals surface area contributed by atoms with E-state index in [0.717, 1.165) is 11.3 Å².